The average Bonchev–Trinajstić information content (AvgIpc) is 3.18. The van der Waals surface area contributed by atoms with Gasteiger partial charge in [-0.3, -0.25) is 9.69 Å². The lowest BCUT2D eigenvalue weighted by Gasteiger charge is -2.26. The molecule has 3 N–H and O–H groups in total. The number of nitrogens with zero attached hydrogens (tertiary/aromatic N) is 1. The molecule has 2 rings (SSSR count). The third-order valence-corrected chi connectivity index (χ3v) is 3.89. The molecule has 1 aromatic heterocycles. The Morgan fingerprint density at radius 3 is 2.90 bits per heavy atom. The summed E-state index contributed by atoms with van der Waals surface area (Å²) < 4.78 is 10.5. The molecule has 6 heteroatoms. The molecule has 0 aliphatic carbocycles. The normalized spacial score (nSPS) is 18.6. The highest BCUT2D eigenvalue weighted by molar-refractivity contribution is 5.81. The minimum absolute atomic E-state index is 0.0843. The topological polar surface area (TPSA) is 80.7 Å². The number of carbonyl (C=O) groups is 1. The van der Waals surface area contributed by atoms with Crippen molar-refractivity contribution in [3.63, 3.8) is 0 Å². The minimum atomic E-state index is -0.527. The predicted octanol–water partition coefficient (Wildman–Crippen LogP) is 0.897. The van der Waals surface area contributed by atoms with Crippen molar-refractivity contribution >= 4 is 5.91 Å². The quantitative estimate of drug-likeness (QED) is 0.744. The van der Waals surface area contributed by atoms with Gasteiger partial charge in [-0.05, 0) is 44.5 Å². The zero-order valence-electron chi connectivity index (χ0n) is 12.6. The van der Waals surface area contributed by atoms with E-state index >= 15 is 0 Å². The zero-order valence-corrected chi connectivity index (χ0v) is 12.6. The molecule has 0 saturated carbocycles. The van der Waals surface area contributed by atoms with Crippen LogP contribution in [0.2, 0.25) is 0 Å². The number of methoxy groups -OCH3 is 1. The lowest BCUT2D eigenvalue weighted by molar-refractivity contribution is -0.123. The molecule has 2 heterocycles. The van der Waals surface area contributed by atoms with Gasteiger partial charge in [0.25, 0.3) is 0 Å². The van der Waals surface area contributed by atoms with E-state index in [1.165, 1.54) is 12.8 Å². The maximum Gasteiger partial charge on any atom is 0.237 e. The summed E-state index contributed by atoms with van der Waals surface area (Å²) in [5.41, 5.74) is 5.83. The summed E-state index contributed by atoms with van der Waals surface area (Å²) in [6.45, 7) is 3.09. The van der Waals surface area contributed by atoms with Crippen molar-refractivity contribution in [2.45, 2.75) is 31.3 Å². The summed E-state index contributed by atoms with van der Waals surface area (Å²) in [5.74, 6) is 0.755. The molecular weight excluding hydrogens is 270 g/mol. The number of ether oxygens (including phenoxy) is 1. The molecular formula is C15H25N3O3. The Kier molecular flexibility index (Phi) is 6.22. The zero-order chi connectivity index (χ0) is 15.1. The molecule has 1 aliphatic rings. The standard InChI is InChI=1S/C15H25N3O3/c1-20-10-6-12(16)15(19)17-11-13(14-5-4-9-21-14)18-7-2-3-8-18/h4-5,9,12-13H,2-3,6-8,10-11,16H2,1H3,(H,17,19). The van der Waals surface area contributed by atoms with Crippen molar-refractivity contribution < 1.29 is 13.9 Å². The van der Waals surface area contributed by atoms with Crippen molar-refractivity contribution in [2.75, 3.05) is 33.4 Å². The molecule has 1 fully saturated rings. The highest BCUT2D eigenvalue weighted by Crippen LogP contribution is 2.24. The van der Waals surface area contributed by atoms with Crippen LogP contribution < -0.4 is 11.1 Å². The van der Waals surface area contributed by atoms with E-state index < -0.39 is 6.04 Å². The van der Waals surface area contributed by atoms with Crippen molar-refractivity contribution in [3.8, 4) is 0 Å². The Balaban J connectivity index is 1.88. The van der Waals surface area contributed by atoms with E-state index in [9.17, 15) is 4.79 Å². The summed E-state index contributed by atoms with van der Waals surface area (Å²) in [6.07, 6.45) is 4.58. The van der Waals surface area contributed by atoms with E-state index in [0.717, 1.165) is 18.8 Å². The average molecular weight is 295 g/mol. The fraction of sp³-hybridized carbons (Fsp3) is 0.667. The van der Waals surface area contributed by atoms with Crippen LogP contribution in [0.1, 0.15) is 31.1 Å². The number of nitrogens with two attached hydrogens (primary N) is 1. The van der Waals surface area contributed by atoms with E-state index in [4.69, 9.17) is 14.9 Å². The van der Waals surface area contributed by atoms with E-state index in [-0.39, 0.29) is 11.9 Å². The first kappa shape index (κ1) is 16.0. The smallest absolute Gasteiger partial charge is 0.237 e. The molecule has 118 valence electrons. The Hall–Kier alpha value is -1.37. The van der Waals surface area contributed by atoms with E-state index in [0.29, 0.717) is 19.6 Å². The largest absolute Gasteiger partial charge is 0.468 e. The van der Waals surface area contributed by atoms with Gasteiger partial charge < -0.3 is 20.2 Å². The molecule has 0 bridgehead atoms. The number of hydrogen-bond donors (Lipinski definition) is 2. The monoisotopic (exact) mass is 295 g/mol. The van der Waals surface area contributed by atoms with Crippen molar-refractivity contribution in [1.82, 2.24) is 10.2 Å². The Labute approximate surface area is 125 Å². The summed E-state index contributed by atoms with van der Waals surface area (Å²) in [5, 5.41) is 2.94. The number of hydrogen-bond acceptors (Lipinski definition) is 5. The van der Waals surface area contributed by atoms with Crippen molar-refractivity contribution in [1.29, 1.82) is 0 Å². The van der Waals surface area contributed by atoms with Crippen LogP contribution in [0.25, 0.3) is 0 Å². The van der Waals surface area contributed by atoms with Crippen LogP contribution in [0.4, 0.5) is 0 Å². The van der Waals surface area contributed by atoms with Crippen LogP contribution in [0, 0.1) is 0 Å². The van der Waals surface area contributed by atoms with Gasteiger partial charge in [0, 0.05) is 20.3 Å². The molecule has 1 saturated heterocycles. The Morgan fingerprint density at radius 2 is 2.29 bits per heavy atom. The molecule has 21 heavy (non-hydrogen) atoms. The number of rotatable bonds is 8. The minimum Gasteiger partial charge on any atom is -0.468 e. The summed E-state index contributed by atoms with van der Waals surface area (Å²) in [7, 11) is 1.60. The molecule has 0 aromatic carbocycles. The molecule has 1 aromatic rings. The number of likely N-dealkylation sites (tertiary alicyclic amines) is 1. The van der Waals surface area contributed by atoms with E-state index in [1.54, 1.807) is 13.4 Å². The molecule has 0 radical (unpaired) electrons. The lowest BCUT2D eigenvalue weighted by atomic mass is 10.1. The van der Waals surface area contributed by atoms with E-state index in [1.807, 2.05) is 12.1 Å². The maximum absolute atomic E-state index is 12.0. The highest BCUT2D eigenvalue weighted by atomic mass is 16.5. The van der Waals surface area contributed by atoms with Crippen LogP contribution in [-0.4, -0.2) is 50.2 Å². The lowest BCUT2D eigenvalue weighted by Crippen LogP contribution is -2.44. The molecule has 0 spiro atoms. The van der Waals surface area contributed by atoms with E-state index in [2.05, 4.69) is 10.2 Å². The Morgan fingerprint density at radius 1 is 1.52 bits per heavy atom. The Bertz CT molecular complexity index is 416. The summed E-state index contributed by atoms with van der Waals surface area (Å²) in [6, 6.07) is 3.40. The molecule has 1 amide bonds. The van der Waals surface area contributed by atoms with Crippen LogP contribution in [0.3, 0.4) is 0 Å². The van der Waals surface area contributed by atoms with Crippen LogP contribution in [-0.2, 0) is 9.53 Å². The molecule has 2 atom stereocenters. The molecule has 2 unspecified atom stereocenters. The highest BCUT2D eigenvalue weighted by Gasteiger charge is 2.26. The van der Waals surface area contributed by atoms with Gasteiger partial charge in [0.1, 0.15) is 5.76 Å². The number of amides is 1. The third-order valence-electron chi connectivity index (χ3n) is 3.89. The van der Waals surface area contributed by atoms with Crippen LogP contribution >= 0.6 is 0 Å². The fourth-order valence-electron chi connectivity index (χ4n) is 2.65. The SMILES string of the molecule is COCCC(N)C(=O)NCC(c1ccco1)N1CCCC1. The van der Waals surface area contributed by atoms with Gasteiger partial charge in [-0.25, -0.2) is 0 Å². The fourth-order valence-corrected chi connectivity index (χ4v) is 2.65. The van der Waals surface area contributed by atoms with Crippen LogP contribution in [0.15, 0.2) is 22.8 Å². The number of nitrogens with one attached hydrogen (secondary N) is 1. The predicted molar refractivity (Wildman–Crippen MR) is 79.7 cm³/mol. The third kappa shape index (κ3) is 4.56. The van der Waals surface area contributed by atoms with Gasteiger partial charge in [0.15, 0.2) is 0 Å². The summed E-state index contributed by atoms with van der Waals surface area (Å²) >= 11 is 0. The second kappa shape index (κ2) is 8.17. The first-order chi connectivity index (χ1) is 10.2. The van der Waals surface area contributed by atoms with Gasteiger partial charge in [-0.2, -0.15) is 0 Å². The molecule has 1 aliphatic heterocycles. The van der Waals surface area contributed by atoms with Gasteiger partial charge in [0.05, 0.1) is 18.3 Å². The maximum atomic E-state index is 12.0. The molecule has 6 nitrogen and oxygen atoms in total. The van der Waals surface area contributed by atoms with Crippen molar-refractivity contribution in [2.24, 2.45) is 5.73 Å². The second-order valence-corrected chi connectivity index (χ2v) is 5.41. The van der Waals surface area contributed by atoms with Gasteiger partial charge >= 0.3 is 0 Å². The first-order valence-corrected chi connectivity index (χ1v) is 7.52. The van der Waals surface area contributed by atoms with Gasteiger partial charge in [0.2, 0.25) is 5.91 Å². The first-order valence-electron chi connectivity index (χ1n) is 7.52. The summed E-state index contributed by atoms with van der Waals surface area (Å²) in [4.78, 5) is 14.3. The van der Waals surface area contributed by atoms with Gasteiger partial charge in [-0.15, -0.1) is 0 Å². The number of carbonyl (C=O) groups excluding carboxylic acids is 1. The van der Waals surface area contributed by atoms with Gasteiger partial charge in [-0.1, -0.05) is 0 Å². The van der Waals surface area contributed by atoms with Crippen LogP contribution in [0.5, 0.6) is 0 Å². The second-order valence-electron chi connectivity index (χ2n) is 5.41. The van der Waals surface area contributed by atoms with Crippen molar-refractivity contribution in [3.05, 3.63) is 24.2 Å². The number of furan rings is 1.